The zero-order chi connectivity index (χ0) is 19.8. The van der Waals surface area contributed by atoms with Gasteiger partial charge in [-0.2, -0.15) is 6.07 Å². The molecular formula is C18H29F2FmN4O2S-. The molecule has 1 aromatic rings. The first-order valence-electron chi connectivity index (χ1n) is 9.62. The Hall–Kier alpha value is -2.19. The molecule has 0 saturated heterocycles. The van der Waals surface area contributed by atoms with Crippen LogP contribution in [0.2, 0.25) is 0 Å². The number of hydrogen-bond donors (Lipinski definition) is 1. The molecular weight excluding hydrogens is 631 g/mol. The number of hydrogen-bond acceptors (Lipinski definition) is 4. The van der Waals surface area contributed by atoms with Gasteiger partial charge in [-0.05, 0) is 82.8 Å². The number of aromatic nitrogens is 2. The first kappa shape index (κ1) is 22.1. The van der Waals surface area contributed by atoms with Gasteiger partial charge in [0.15, 0.2) is 0 Å². The first-order chi connectivity index (χ1) is 12.7. The number of nitrogens with zero attached hydrogens (tertiary/aromatic N) is 3. The quantitative estimate of drug-likeness (QED) is 0.493. The number of primary sulfonamides is 1. The minimum Gasteiger partial charge on any atom is -0.306 e. The van der Waals surface area contributed by atoms with E-state index in [1.807, 2.05) is 0 Å². The van der Waals surface area contributed by atoms with Crippen LogP contribution in [0.4, 0.5) is 8.78 Å². The molecule has 1 aromatic heterocycles. The number of nitrogens with two attached hydrogens (primary N) is 1. The summed E-state index contributed by atoms with van der Waals surface area (Å²) >= 11 is 0. The summed E-state index contributed by atoms with van der Waals surface area (Å²) in [4.78, 5) is 2.22. The predicted molar refractivity (Wildman–Crippen MR) is 99.9 cm³/mol. The third-order valence-corrected chi connectivity index (χ3v) is 7.66. The zero-order valence-corrected chi connectivity index (χ0v) is 19.5. The monoisotopic (exact) mass is 660 g/mol. The van der Waals surface area contributed by atoms with E-state index < -0.39 is 21.7 Å². The van der Waals surface area contributed by atoms with Crippen LogP contribution in [0, 0.1) is 6.43 Å². The van der Waals surface area contributed by atoms with Gasteiger partial charge in [-0.1, -0.05) is 0 Å². The van der Waals surface area contributed by atoms with Crippen LogP contribution in [0.3, 0.4) is 0 Å². The van der Waals surface area contributed by atoms with Gasteiger partial charge in [-0.25, -0.2) is 18.7 Å². The van der Waals surface area contributed by atoms with Crippen molar-refractivity contribution in [2.45, 2.75) is 74.6 Å². The summed E-state index contributed by atoms with van der Waals surface area (Å²) in [6.45, 7) is 0. The van der Waals surface area contributed by atoms with Crippen molar-refractivity contribution in [1.29, 1.82) is 0 Å². The maximum atomic E-state index is 13.2. The average molecular weight is 661 g/mol. The molecule has 2 aliphatic rings. The molecule has 2 aliphatic carbocycles. The Bertz CT molecular complexity index is 741. The van der Waals surface area contributed by atoms with E-state index in [4.69, 9.17) is 5.14 Å². The second kappa shape index (κ2) is 8.45. The van der Waals surface area contributed by atoms with Gasteiger partial charge < -0.3 is 4.90 Å². The zero-order valence-electron chi connectivity index (χ0n) is 16.2. The van der Waals surface area contributed by atoms with Crippen molar-refractivity contribution in [3.05, 3.63) is 23.9 Å². The van der Waals surface area contributed by atoms with Crippen LogP contribution in [-0.4, -0.2) is 48.5 Å². The molecule has 0 aromatic carbocycles. The van der Waals surface area contributed by atoms with E-state index in [0.29, 0.717) is 31.7 Å². The van der Waals surface area contributed by atoms with Gasteiger partial charge in [0, 0.05) is 6.04 Å². The number of rotatable bonds is 5. The summed E-state index contributed by atoms with van der Waals surface area (Å²) in [5.41, 5.74) is 0.613. The summed E-state index contributed by atoms with van der Waals surface area (Å²) in [5.74, 6) is 0.220. The Morgan fingerprint density at radius 3 is 2.14 bits per heavy atom. The second-order valence-electron chi connectivity index (χ2n) is 8.15. The minimum absolute atomic E-state index is 0. The maximum Gasteiger partial charge on any atom is 0.211 e. The summed E-state index contributed by atoms with van der Waals surface area (Å²) in [7, 11) is 0.605. The molecule has 0 spiro atoms. The van der Waals surface area contributed by atoms with Crippen LogP contribution in [0.15, 0.2) is 6.07 Å². The second-order valence-corrected chi connectivity index (χ2v) is 9.99. The summed E-state index contributed by atoms with van der Waals surface area (Å²) in [5, 5.41) is 8.92. The Morgan fingerprint density at radius 1 is 1.11 bits per heavy atom. The van der Waals surface area contributed by atoms with Crippen LogP contribution in [0.5, 0.6) is 0 Å². The Kier molecular flexibility index (Phi) is 6.67. The third-order valence-electron chi connectivity index (χ3n) is 6.26. The van der Waals surface area contributed by atoms with E-state index >= 15 is 0 Å². The van der Waals surface area contributed by atoms with Crippen molar-refractivity contribution in [2.75, 3.05) is 14.1 Å². The standard InChI is InChI=1S/C18H29F2N4O2S.Fm/c1-23(2)13-5-3-12(4-6-13)17-11-16(18(19)20)22-24(17)14-7-9-15(10-8-14)27(21,25)26;/h11-15H,3-10H2,1-2H3,(H2,21,25,26);/q-1;. The molecule has 0 atom stereocenters. The van der Waals surface area contributed by atoms with Crippen molar-refractivity contribution in [3.8, 4) is 0 Å². The molecule has 0 aliphatic heterocycles. The smallest absolute Gasteiger partial charge is 0.211 e. The van der Waals surface area contributed by atoms with Crippen LogP contribution in [0.25, 0.3) is 0 Å². The first-order valence-corrected chi connectivity index (χ1v) is 11.2. The summed E-state index contributed by atoms with van der Waals surface area (Å²) in [6.07, 6.45) is 4.31. The van der Waals surface area contributed by atoms with Crippen molar-refractivity contribution >= 4 is 10.0 Å². The fourth-order valence-corrected chi connectivity index (χ4v) is 5.53. The molecule has 1 heterocycles. The van der Waals surface area contributed by atoms with Crippen LogP contribution in [-0.2, 0) is 10.0 Å². The molecule has 2 N–H and O–H groups in total. The molecule has 0 bridgehead atoms. The van der Waals surface area contributed by atoms with Gasteiger partial charge in [-0.15, -0.1) is 0 Å². The van der Waals surface area contributed by atoms with Gasteiger partial charge >= 0.3 is 0 Å². The van der Waals surface area contributed by atoms with E-state index in [1.54, 1.807) is 4.68 Å². The molecule has 2 fully saturated rings. The van der Waals surface area contributed by atoms with Crippen molar-refractivity contribution < 1.29 is 17.2 Å². The SMILES string of the molecule is CN(C)C1CCC(c2cc([C-](F)F)nn2C2CCC(S(N)(=O)=O)CC2)CC1.[Fm]. The summed E-state index contributed by atoms with van der Waals surface area (Å²) < 4.78 is 51.3. The van der Waals surface area contributed by atoms with Gasteiger partial charge in [0.2, 0.25) is 10.0 Å². The maximum absolute atomic E-state index is 13.2. The predicted octanol–water partition coefficient (Wildman–Crippen LogP) is 3.02. The van der Waals surface area contributed by atoms with Gasteiger partial charge in [0.1, 0.15) is 6.43 Å². The molecule has 2 saturated carbocycles. The molecule has 10 heteroatoms. The molecule has 0 amide bonds. The average Bonchev–Trinajstić information content (AvgIpc) is 3.07. The van der Waals surface area contributed by atoms with Gasteiger partial charge in [0.25, 0.3) is 0 Å². The van der Waals surface area contributed by atoms with E-state index in [9.17, 15) is 17.2 Å². The summed E-state index contributed by atoms with van der Waals surface area (Å²) in [6, 6.07) is 2.02. The molecule has 6 nitrogen and oxygen atoms in total. The Labute approximate surface area is 160 Å². The van der Waals surface area contributed by atoms with Crippen molar-refractivity contribution in [1.82, 2.24) is 14.7 Å². The normalized spacial score (nSPS) is 28.8. The molecule has 28 heavy (non-hydrogen) atoms. The third kappa shape index (κ3) is 4.62. The van der Waals surface area contributed by atoms with Crippen molar-refractivity contribution in [3.63, 3.8) is 0 Å². The Balaban J connectivity index is 0.00000280. The topological polar surface area (TPSA) is 81.2 Å². The van der Waals surface area contributed by atoms with E-state index in [1.165, 1.54) is 6.07 Å². The van der Waals surface area contributed by atoms with E-state index in [-0.39, 0.29) is 17.7 Å². The molecule has 0 unspecified atom stereocenters. The van der Waals surface area contributed by atoms with E-state index in [0.717, 1.165) is 31.4 Å². The van der Waals surface area contributed by atoms with Gasteiger partial charge in [0.05, 0.1) is 11.3 Å². The fraction of sp³-hybridized carbons (Fsp3) is 0.778. The van der Waals surface area contributed by atoms with Crippen molar-refractivity contribution in [2.24, 2.45) is 5.14 Å². The van der Waals surface area contributed by atoms with Crippen LogP contribution >= 0.6 is 0 Å². The number of halogens is 2. The molecule has 3 rings (SSSR count). The van der Waals surface area contributed by atoms with Gasteiger partial charge in [-0.3, -0.25) is 13.5 Å². The van der Waals surface area contributed by atoms with Crippen LogP contribution in [0.1, 0.15) is 74.7 Å². The Morgan fingerprint density at radius 2 is 1.68 bits per heavy atom. The molecule has 166 valence electrons. The minimum atomic E-state index is -3.54. The van der Waals surface area contributed by atoms with E-state index in [2.05, 4.69) is 24.1 Å². The van der Waals surface area contributed by atoms with Crippen LogP contribution < -0.4 is 5.14 Å². The molecule has 0 radical (unpaired) electrons. The largest absolute Gasteiger partial charge is 0.306 e. The number of sulfonamides is 1. The fourth-order valence-electron chi connectivity index (χ4n) is 4.60.